The van der Waals surface area contributed by atoms with Crippen molar-refractivity contribution in [3.63, 3.8) is 0 Å². The minimum absolute atomic E-state index is 0.353. The Labute approximate surface area is 225 Å². The van der Waals surface area contributed by atoms with Gasteiger partial charge < -0.3 is 27.8 Å². The second-order valence-electron chi connectivity index (χ2n) is 13.2. The molecule has 2 rings (SSSR count). The minimum atomic E-state index is -3.31. The van der Waals surface area contributed by atoms with E-state index in [1.54, 1.807) is 14.2 Å². The average molecular weight is 533 g/mol. The molecule has 0 N–H and O–H groups in total. The van der Waals surface area contributed by atoms with Gasteiger partial charge in [-0.05, 0) is 95.2 Å². The van der Waals surface area contributed by atoms with Gasteiger partial charge in [0, 0.05) is 36.7 Å². The molecule has 6 nitrogen and oxygen atoms in total. The highest BCUT2D eigenvalue weighted by atomic mass is 28.4. The van der Waals surface area contributed by atoms with E-state index in [1.807, 2.05) is 119 Å². The summed E-state index contributed by atoms with van der Waals surface area (Å²) >= 11 is 0. The molecule has 0 aliphatic rings. The Balaban J connectivity index is 2.82. The summed E-state index contributed by atoms with van der Waals surface area (Å²) in [6.07, 6.45) is 0. The topological polar surface area (TPSA) is 55.4 Å². The molecule has 0 heterocycles. The molecule has 7 heteroatoms. The largest absolute Gasteiger partial charge is 0.488 e. The summed E-state index contributed by atoms with van der Waals surface area (Å²) in [6, 6.07) is 11.7. The van der Waals surface area contributed by atoms with Gasteiger partial charge in [-0.25, -0.2) is 0 Å². The molecule has 208 valence electrons. The van der Waals surface area contributed by atoms with Crippen LogP contribution in [0.3, 0.4) is 0 Å². The van der Waals surface area contributed by atoms with Gasteiger partial charge in [0.25, 0.3) is 0 Å². The first-order chi connectivity index (χ1) is 16.7. The van der Waals surface area contributed by atoms with Gasteiger partial charge in [-0.3, -0.25) is 0 Å². The first-order valence-electron chi connectivity index (χ1n) is 12.8. The molecule has 2 aromatic carbocycles. The highest BCUT2D eigenvalue weighted by Crippen LogP contribution is 2.31. The van der Waals surface area contributed by atoms with Crippen LogP contribution in [0.2, 0.25) is 0 Å². The van der Waals surface area contributed by atoms with Crippen molar-refractivity contribution in [2.75, 3.05) is 14.2 Å². The molecule has 37 heavy (non-hydrogen) atoms. The van der Waals surface area contributed by atoms with Crippen LogP contribution in [0.5, 0.6) is 23.0 Å². The predicted molar refractivity (Wildman–Crippen MR) is 153 cm³/mol. The molecule has 0 saturated heterocycles. The number of ether oxygens (including phenoxy) is 4. The first-order valence-corrected chi connectivity index (χ1v) is 14.7. The van der Waals surface area contributed by atoms with Crippen molar-refractivity contribution in [1.82, 2.24) is 0 Å². The fraction of sp³-hybridized carbons (Fsp3) is 0.600. The number of hydrogen-bond donors (Lipinski definition) is 0. The monoisotopic (exact) mass is 532 g/mol. The van der Waals surface area contributed by atoms with Crippen LogP contribution in [-0.4, -0.2) is 45.2 Å². The summed E-state index contributed by atoms with van der Waals surface area (Å²) in [5.74, 6) is 2.74. The van der Waals surface area contributed by atoms with E-state index in [1.165, 1.54) is 0 Å². The molecule has 0 amide bonds. The molecule has 0 aliphatic heterocycles. The molecule has 0 bridgehead atoms. The van der Waals surface area contributed by atoms with E-state index in [-0.39, 0.29) is 11.2 Å². The van der Waals surface area contributed by atoms with Crippen molar-refractivity contribution in [1.29, 1.82) is 0 Å². The van der Waals surface area contributed by atoms with Crippen LogP contribution in [-0.2, 0) is 8.85 Å². The maximum atomic E-state index is 6.48. The van der Waals surface area contributed by atoms with Gasteiger partial charge in [-0.15, -0.1) is 0 Å². The van der Waals surface area contributed by atoms with Crippen LogP contribution in [0, 0.1) is 0 Å². The van der Waals surface area contributed by atoms with Gasteiger partial charge in [0.1, 0.15) is 45.4 Å². The Bertz CT molecular complexity index is 966. The smallest absolute Gasteiger partial charge is 0.414 e. The first kappa shape index (κ1) is 31.0. The van der Waals surface area contributed by atoms with Crippen LogP contribution < -0.4 is 29.3 Å². The van der Waals surface area contributed by atoms with Crippen molar-refractivity contribution in [3.8, 4) is 23.0 Å². The zero-order valence-corrected chi connectivity index (χ0v) is 26.4. The molecule has 0 atom stereocenters. The molecule has 0 unspecified atom stereocenters. The third kappa shape index (κ3) is 8.94. The average Bonchev–Trinajstić information content (AvgIpc) is 2.66. The van der Waals surface area contributed by atoms with Crippen molar-refractivity contribution in [2.45, 2.75) is 105 Å². The lowest BCUT2D eigenvalue weighted by Crippen LogP contribution is -2.63. The van der Waals surface area contributed by atoms with Crippen molar-refractivity contribution in [2.24, 2.45) is 0 Å². The summed E-state index contributed by atoms with van der Waals surface area (Å²) in [7, 11) is 0.0458. The van der Waals surface area contributed by atoms with Crippen LogP contribution in [0.25, 0.3) is 0 Å². The molecule has 0 radical (unpaired) electrons. The Hall–Kier alpha value is -2.22. The fourth-order valence-corrected chi connectivity index (χ4v) is 6.72. The van der Waals surface area contributed by atoms with E-state index in [0.717, 1.165) is 10.4 Å². The molecule has 0 saturated carbocycles. The van der Waals surface area contributed by atoms with E-state index in [2.05, 4.69) is 0 Å². The Kier molecular flexibility index (Phi) is 9.11. The summed E-state index contributed by atoms with van der Waals surface area (Å²) < 4.78 is 37.9. The second-order valence-corrected chi connectivity index (χ2v) is 16.3. The van der Waals surface area contributed by atoms with E-state index in [0.29, 0.717) is 23.0 Å². The van der Waals surface area contributed by atoms with Crippen LogP contribution in [0.4, 0.5) is 0 Å². The maximum absolute atomic E-state index is 6.48. The van der Waals surface area contributed by atoms with Gasteiger partial charge in [-0.1, -0.05) is 12.1 Å². The minimum Gasteiger partial charge on any atom is -0.488 e. The highest BCUT2D eigenvalue weighted by molar-refractivity contribution is 6.93. The fourth-order valence-electron chi connectivity index (χ4n) is 3.88. The third-order valence-corrected chi connectivity index (χ3v) is 8.26. The van der Waals surface area contributed by atoms with Crippen LogP contribution >= 0.6 is 0 Å². The van der Waals surface area contributed by atoms with Gasteiger partial charge in [-0.2, -0.15) is 0 Å². The zero-order valence-electron chi connectivity index (χ0n) is 25.4. The lowest BCUT2D eigenvalue weighted by Gasteiger charge is -2.34. The van der Waals surface area contributed by atoms with E-state index < -0.39 is 19.8 Å². The Morgan fingerprint density at radius 1 is 0.459 bits per heavy atom. The van der Waals surface area contributed by atoms with E-state index in [9.17, 15) is 0 Å². The second kappa shape index (κ2) is 10.9. The number of hydrogen-bond acceptors (Lipinski definition) is 6. The summed E-state index contributed by atoms with van der Waals surface area (Å²) in [5.41, 5.74) is -1.61. The number of rotatable bonds is 8. The molecule has 0 spiro atoms. The molecule has 0 aromatic heterocycles. The zero-order chi connectivity index (χ0) is 28.4. The normalized spacial score (nSPS) is 13.4. The van der Waals surface area contributed by atoms with Gasteiger partial charge in [0.2, 0.25) is 0 Å². The predicted octanol–water partition coefficient (Wildman–Crippen LogP) is 6.25. The van der Waals surface area contributed by atoms with Crippen molar-refractivity contribution >= 4 is 18.9 Å². The lowest BCUT2D eigenvalue weighted by molar-refractivity contribution is 0.121. The van der Waals surface area contributed by atoms with Gasteiger partial charge in [0.05, 0.1) is 0 Å². The molecule has 0 fully saturated rings. The summed E-state index contributed by atoms with van der Waals surface area (Å²) in [4.78, 5) is 0. The van der Waals surface area contributed by atoms with Crippen molar-refractivity contribution in [3.05, 3.63) is 36.4 Å². The third-order valence-electron chi connectivity index (χ3n) is 4.87. The summed E-state index contributed by atoms with van der Waals surface area (Å²) in [5, 5.41) is 1.66. The number of benzene rings is 2. The SMILES string of the molecule is CO[Si](OC)(c1ccc(OC(C)(C)C)cc1OC(C)(C)C)c1ccc(OC(C)(C)C)cc1OC(C)(C)C. The molecule has 0 aliphatic carbocycles. The van der Waals surface area contributed by atoms with Gasteiger partial charge >= 0.3 is 8.56 Å². The van der Waals surface area contributed by atoms with E-state index >= 15 is 0 Å². The van der Waals surface area contributed by atoms with Crippen LogP contribution in [0.15, 0.2) is 36.4 Å². The highest BCUT2D eigenvalue weighted by Gasteiger charge is 2.47. The standard InChI is InChI=1S/C30H48O6Si/c1-27(2,3)33-21-15-17-25(23(19-21)35-29(7,8)9)37(31-13,32-14)26-18-16-22(34-28(4,5)6)20-24(26)36-30(10,11)12/h15-20H,1-14H3. The Morgan fingerprint density at radius 3 is 1.00 bits per heavy atom. The molecular weight excluding hydrogens is 484 g/mol. The lowest BCUT2D eigenvalue weighted by atomic mass is 10.2. The van der Waals surface area contributed by atoms with Gasteiger partial charge in [0.15, 0.2) is 0 Å². The summed E-state index contributed by atoms with van der Waals surface area (Å²) in [6.45, 7) is 24.2. The van der Waals surface area contributed by atoms with E-state index in [4.69, 9.17) is 27.8 Å². The Morgan fingerprint density at radius 2 is 0.757 bits per heavy atom. The van der Waals surface area contributed by atoms with Crippen LogP contribution in [0.1, 0.15) is 83.1 Å². The van der Waals surface area contributed by atoms with Crippen molar-refractivity contribution < 1.29 is 27.8 Å². The molecular formula is C30H48O6Si. The maximum Gasteiger partial charge on any atom is 0.414 e. The molecule has 2 aromatic rings. The quantitative estimate of drug-likeness (QED) is 0.375.